The largest absolute Gasteiger partial charge is 0.338 e. The first-order valence-corrected chi connectivity index (χ1v) is 6.46. The summed E-state index contributed by atoms with van der Waals surface area (Å²) < 4.78 is 1.65. The van der Waals surface area contributed by atoms with Crippen molar-refractivity contribution in [3.63, 3.8) is 0 Å². The molecule has 1 spiro atoms. The van der Waals surface area contributed by atoms with Crippen molar-refractivity contribution < 1.29 is 9.59 Å². The molecule has 2 aliphatic rings. The molecule has 0 aliphatic carbocycles. The van der Waals surface area contributed by atoms with Crippen LogP contribution in [0, 0.1) is 0 Å². The molecule has 7 nitrogen and oxygen atoms in total. The molecule has 1 aromatic heterocycles. The molecule has 2 fully saturated rings. The molecule has 1 aromatic rings. The first-order valence-electron chi connectivity index (χ1n) is 6.08. The average molecular weight is 284 g/mol. The summed E-state index contributed by atoms with van der Waals surface area (Å²) >= 11 is 5.75. The van der Waals surface area contributed by atoms with Gasteiger partial charge in [-0.25, -0.2) is 4.79 Å². The van der Waals surface area contributed by atoms with Crippen LogP contribution in [0.2, 0.25) is 5.02 Å². The summed E-state index contributed by atoms with van der Waals surface area (Å²) in [5.74, 6) is 0.0680. The maximum atomic E-state index is 11.9. The Labute approximate surface area is 114 Å². The Kier molecular flexibility index (Phi) is 2.85. The second kappa shape index (κ2) is 4.41. The molecule has 19 heavy (non-hydrogen) atoms. The van der Waals surface area contributed by atoms with Gasteiger partial charge in [0.2, 0.25) is 5.91 Å². The van der Waals surface area contributed by atoms with Crippen molar-refractivity contribution in [2.45, 2.75) is 18.5 Å². The Bertz CT molecular complexity index is 523. The molecular weight excluding hydrogens is 270 g/mol. The molecule has 8 heteroatoms. The minimum Gasteiger partial charge on any atom is -0.338 e. The van der Waals surface area contributed by atoms with E-state index in [2.05, 4.69) is 15.7 Å². The van der Waals surface area contributed by atoms with Gasteiger partial charge in [0.15, 0.2) is 0 Å². The average Bonchev–Trinajstić information content (AvgIpc) is 2.90. The van der Waals surface area contributed by atoms with Crippen molar-refractivity contribution in [3.05, 3.63) is 17.4 Å². The number of carbonyl (C=O) groups is 2. The fourth-order valence-corrected chi connectivity index (χ4v) is 2.62. The number of amides is 3. The third-order valence-corrected chi connectivity index (χ3v) is 3.66. The minimum atomic E-state index is -0.248. The lowest BCUT2D eigenvalue weighted by Crippen LogP contribution is -2.70. The third-order valence-electron chi connectivity index (χ3n) is 3.46. The number of aromatic nitrogens is 2. The quantitative estimate of drug-likeness (QED) is 0.808. The van der Waals surface area contributed by atoms with E-state index in [0.29, 0.717) is 37.6 Å². The summed E-state index contributed by atoms with van der Waals surface area (Å²) in [6.45, 7) is 2.25. The van der Waals surface area contributed by atoms with Gasteiger partial charge in [0.1, 0.15) is 0 Å². The second-order valence-electron chi connectivity index (χ2n) is 5.01. The van der Waals surface area contributed by atoms with Crippen LogP contribution in [0.15, 0.2) is 12.4 Å². The summed E-state index contributed by atoms with van der Waals surface area (Å²) in [4.78, 5) is 24.8. The van der Waals surface area contributed by atoms with E-state index in [1.807, 2.05) is 0 Å². The van der Waals surface area contributed by atoms with Crippen molar-refractivity contribution in [3.8, 4) is 0 Å². The van der Waals surface area contributed by atoms with Crippen LogP contribution in [-0.4, -0.2) is 51.8 Å². The Morgan fingerprint density at radius 1 is 1.53 bits per heavy atom. The molecule has 2 N–H and O–H groups in total. The van der Waals surface area contributed by atoms with Crippen LogP contribution < -0.4 is 10.6 Å². The standard InChI is InChI=1S/C11H14ClN5O2/c12-8-3-14-17(4-8)2-1-9(18)16-6-11(7-16)5-13-10(19)15-11/h3-4H,1-2,5-7H2,(H2,13,15,19). The van der Waals surface area contributed by atoms with Gasteiger partial charge < -0.3 is 15.5 Å². The Morgan fingerprint density at radius 3 is 2.89 bits per heavy atom. The lowest BCUT2D eigenvalue weighted by molar-refractivity contribution is -0.139. The van der Waals surface area contributed by atoms with E-state index in [-0.39, 0.29) is 17.5 Å². The Balaban J connectivity index is 1.47. The van der Waals surface area contributed by atoms with Gasteiger partial charge in [0.25, 0.3) is 0 Å². The number of rotatable bonds is 3. The summed E-state index contributed by atoms with van der Waals surface area (Å²) in [5.41, 5.74) is -0.248. The van der Waals surface area contributed by atoms with Gasteiger partial charge in [-0.3, -0.25) is 9.48 Å². The zero-order valence-corrected chi connectivity index (χ0v) is 11.0. The SMILES string of the molecule is O=C1NCC2(CN(C(=O)CCn3cc(Cl)cn3)C2)N1. The van der Waals surface area contributed by atoms with E-state index in [1.54, 1.807) is 22.0 Å². The van der Waals surface area contributed by atoms with Crippen LogP contribution in [0.5, 0.6) is 0 Å². The first kappa shape index (κ1) is 12.3. The Hall–Kier alpha value is -1.76. The fourth-order valence-electron chi connectivity index (χ4n) is 2.46. The van der Waals surface area contributed by atoms with Crippen molar-refractivity contribution in [1.82, 2.24) is 25.3 Å². The lowest BCUT2D eigenvalue weighted by Gasteiger charge is -2.46. The smallest absolute Gasteiger partial charge is 0.315 e. The molecule has 2 aliphatic heterocycles. The number of urea groups is 1. The number of nitrogens with one attached hydrogen (secondary N) is 2. The lowest BCUT2D eigenvalue weighted by atomic mass is 9.90. The third kappa shape index (κ3) is 2.37. The predicted molar refractivity (Wildman–Crippen MR) is 67.7 cm³/mol. The van der Waals surface area contributed by atoms with Crippen LogP contribution in [-0.2, 0) is 11.3 Å². The fraction of sp³-hybridized carbons (Fsp3) is 0.545. The molecule has 0 unspecified atom stereocenters. The van der Waals surface area contributed by atoms with Gasteiger partial charge in [0.05, 0.1) is 16.8 Å². The van der Waals surface area contributed by atoms with Crippen molar-refractivity contribution in [2.75, 3.05) is 19.6 Å². The second-order valence-corrected chi connectivity index (χ2v) is 5.45. The van der Waals surface area contributed by atoms with E-state index in [1.165, 1.54) is 0 Å². The van der Waals surface area contributed by atoms with Crippen LogP contribution >= 0.6 is 11.6 Å². The summed E-state index contributed by atoms with van der Waals surface area (Å²) in [6, 6.07) is -0.154. The normalized spacial score (nSPS) is 20.1. The first-order chi connectivity index (χ1) is 9.06. The molecule has 102 valence electrons. The van der Waals surface area contributed by atoms with Crippen LogP contribution in [0.25, 0.3) is 0 Å². The molecule has 3 rings (SSSR count). The van der Waals surface area contributed by atoms with E-state index in [9.17, 15) is 9.59 Å². The topological polar surface area (TPSA) is 79.3 Å². The number of hydrogen-bond donors (Lipinski definition) is 2. The van der Waals surface area contributed by atoms with Crippen molar-refractivity contribution in [1.29, 1.82) is 0 Å². The zero-order chi connectivity index (χ0) is 13.5. The molecule has 2 saturated heterocycles. The highest BCUT2D eigenvalue weighted by molar-refractivity contribution is 6.30. The predicted octanol–water partition coefficient (Wildman–Crippen LogP) is -0.180. The Morgan fingerprint density at radius 2 is 2.32 bits per heavy atom. The molecule has 0 bridgehead atoms. The van der Waals surface area contributed by atoms with Crippen LogP contribution in [0.1, 0.15) is 6.42 Å². The molecule has 0 aromatic carbocycles. The number of likely N-dealkylation sites (tertiary alicyclic amines) is 1. The van der Waals surface area contributed by atoms with E-state index < -0.39 is 0 Å². The summed E-state index contributed by atoms with van der Waals surface area (Å²) in [7, 11) is 0. The van der Waals surface area contributed by atoms with Gasteiger partial charge in [-0.15, -0.1) is 0 Å². The van der Waals surface area contributed by atoms with Gasteiger partial charge in [-0.05, 0) is 0 Å². The molecule has 0 atom stereocenters. The van der Waals surface area contributed by atoms with Crippen LogP contribution in [0.4, 0.5) is 4.79 Å². The number of aryl methyl sites for hydroxylation is 1. The highest BCUT2D eigenvalue weighted by Crippen LogP contribution is 2.23. The zero-order valence-electron chi connectivity index (χ0n) is 10.2. The summed E-state index contributed by atoms with van der Waals surface area (Å²) in [6.07, 6.45) is 3.62. The number of nitrogens with zero attached hydrogens (tertiary/aromatic N) is 3. The molecule has 3 amide bonds. The molecule has 3 heterocycles. The van der Waals surface area contributed by atoms with Gasteiger partial charge in [-0.1, -0.05) is 11.6 Å². The van der Waals surface area contributed by atoms with Gasteiger partial charge >= 0.3 is 6.03 Å². The number of carbonyl (C=O) groups excluding carboxylic acids is 2. The molecule has 0 saturated carbocycles. The van der Waals surface area contributed by atoms with Crippen molar-refractivity contribution >= 4 is 23.5 Å². The van der Waals surface area contributed by atoms with E-state index >= 15 is 0 Å². The van der Waals surface area contributed by atoms with Gasteiger partial charge in [0, 0.05) is 38.8 Å². The maximum absolute atomic E-state index is 11.9. The minimum absolute atomic E-state index is 0.0680. The van der Waals surface area contributed by atoms with Gasteiger partial charge in [-0.2, -0.15) is 5.10 Å². The van der Waals surface area contributed by atoms with Crippen LogP contribution in [0.3, 0.4) is 0 Å². The van der Waals surface area contributed by atoms with E-state index in [0.717, 1.165) is 0 Å². The molecule has 0 radical (unpaired) electrons. The number of halogens is 1. The molecular formula is C11H14ClN5O2. The maximum Gasteiger partial charge on any atom is 0.315 e. The highest BCUT2D eigenvalue weighted by Gasteiger charge is 2.49. The van der Waals surface area contributed by atoms with Crippen molar-refractivity contribution in [2.24, 2.45) is 0 Å². The van der Waals surface area contributed by atoms with E-state index in [4.69, 9.17) is 11.6 Å². The number of hydrogen-bond acceptors (Lipinski definition) is 3. The monoisotopic (exact) mass is 283 g/mol. The highest BCUT2D eigenvalue weighted by atomic mass is 35.5. The summed E-state index contributed by atoms with van der Waals surface area (Å²) in [5, 5.41) is 10.1.